The molecule has 1 N–H and O–H groups in total. The number of fused-ring (bicyclic) bond motifs is 1. The second-order valence-corrected chi connectivity index (χ2v) is 6.62. The summed E-state index contributed by atoms with van der Waals surface area (Å²) in [6.45, 7) is 7.24. The maximum absolute atomic E-state index is 13.3. The van der Waals surface area contributed by atoms with Crippen molar-refractivity contribution in [3.63, 3.8) is 0 Å². The van der Waals surface area contributed by atoms with Crippen molar-refractivity contribution in [2.75, 3.05) is 0 Å². The summed E-state index contributed by atoms with van der Waals surface area (Å²) in [5.74, 6) is -0.277. The Hall–Kier alpha value is -4.24. The van der Waals surface area contributed by atoms with Crippen LogP contribution in [0.5, 0.6) is 0 Å². The number of hydrogen-bond donors (Lipinski definition) is 1. The highest BCUT2D eigenvalue weighted by atomic mass is 19.1. The van der Waals surface area contributed by atoms with E-state index in [1.807, 2.05) is 40.9 Å². The highest BCUT2D eigenvalue weighted by Gasteiger charge is 2.13. The number of nitrogens with one attached hydrogen (secondary N) is 1. The number of aromatic amines is 1. The van der Waals surface area contributed by atoms with Crippen molar-refractivity contribution in [3.8, 4) is 33.6 Å². The number of benzene rings is 2. The summed E-state index contributed by atoms with van der Waals surface area (Å²) in [4.78, 5) is 8.00. The van der Waals surface area contributed by atoms with Crippen LogP contribution in [0.3, 0.4) is 0 Å². The van der Waals surface area contributed by atoms with Crippen molar-refractivity contribution < 1.29 is 4.39 Å². The van der Waals surface area contributed by atoms with E-state index in [0.717, 1.165) is 39.3 Å². The third-order valence-corrected chi connectivity index (χ3v) is 4.86. The monoisotopic (exact) mass is 379 g/mol. The number of halogens is 1. The van der Waals surface area contributed by atoms with Crippen LogP contribution in [-0.2, 0) is 0 Å². The molecule has 0 aliphatic rings. The predicted molar refractivity (Wildman–Crippen MR) is 110 cm³/mol. The Morgan fingerprint density at radius 3 is 2.59 bits per heavy atom. The number of nitrogens with zero attached hydrogens (tertiary/aromatic N) is 4. The second-order valence-electron chi connectivity index (χ2n) is 6.62. The van der Waals surface area contributed by atoms with Crippen LogP contribution in [0, 0.1) is 12.4 Å². The maximum atomic E-state index is 13.3. The van der Waals surface area contributed by atoms with E-state index in [2.05, 4.69) is 20.0 Å². The van der Waals surface area contributed by atoms with Crippen LogP contribution < -0.4 is 0 Å². The molecule has 0 amide bonds. The zero-order chi connectivity index (χ0) is 19.8. The van der Waals surface area contributed by atoms with E-state index in [-0.39, 0.29) is 5.82 Å². The Kier molecular flexibility index (Phi) is 3.92. The highest BCUT2D eigenvalue weighted by Crippen LogP contribution is 2.32. The van der Waals surface area contributed by atoms with Crippen molar-refractivity contribution in [1.29, 1.82) is 0 Å². The molecule has 0 unspecified atom stereocenters. The number of imidazole rings is 1. The molecule has 0 fully saturated rings. The Bertz CT molecular complexity index is 1370. The van der Waals surface area contributed by atoms with Gasteiger partial charge in [-0.25, -0.2) is 14.2 Å². The average Bonchev–Trinajstić information content (AvgIpc) is 3.41. The van der Waals surface area contributed by atoms with Crippen LogP contribution in [0.2, 0.25) is 0 Å². The SMILES string of the molecule is [C-]#[N+]c1cccc(-c2cnc3ccc(-c4cn[nH]c4-c4ccc(F)cc4)cn23)c1. The van der Waals surface area contributed by atoms with Crippen molar-refractivity contribution in [2.24, 2.45) is 0 Å². The van der Waals surface area contributed by atoms with Crippen LogP contribution >= 0.6 is 0 Å². The van der Waals surface area contributed by atoms with Crippen LogP contribution in [0.1, 0.15) is 0 Å². The first-order valence-corrected chi connectivity index (χ1v) is 8.97. The number of H-pyrrole nitrogens is 1. The van der Waals surface area contributed by atoms with E-state index in [1.165, 1.54) is 12.1 Å². The van der Waals surface area contributed by atoms with Gasteiger partial charge in [0.15, 0.2) is 5.69 Å². The van der Waals surface area contributed by atoms with Crippen LogP contribution in [0.15, 0.2) is 79.3 Å². The lowest BCUT2D eigenvalue weighted by Crippen LogP contribution is -1.91. The molecular formula is C23H14FN5. The fourth-order valence-corrected chi connectivity index (χ4v) is 3.43. The summed E-state index contributed by atoms with van der Waals surface area (Å²) in [6, 6.07) is 17.7. The number of pyridine rings is 1. The molecule has 0 saturated heterocycles. The molecule has 0 saturated carbocycles. The summed E-state index contributed by atoms with van der Waals surface area (Å²) in [5.41, 5.74) is 6.76. The molecule has 5 nitrogen and oxygen atoms in total. The molecule has 29 heavy (non-hydrogen) atoms. The first-order chi connectivity index (χ1) is 14.2. The molecule has 0 spiro atoms. The summed E-state index contributed by atoms with van der Waals surface area (Å²) in [6.07, 6.45) is 5.56. The van der Waals surface area contributed by atoms with Crippen LogP contribution in [-0.4, -0.2) is 19.6 Å². The van der Waals surface area contributed by atoms with Crippen LogP contribution in [0.4, 0.5) is 10.1 Å². The summed E-state index contributed by atoms with van der Waals surface area (Å²) >= 11 is 0. The summed E-state index contributed by atoms with van der Waals surface area (Å²) in [5, 5.41) is 7.20. The molecule has 138 valence electrons. The number of hydrogen-bond acceptors (Lipinski definition) is 2. The van der Waals surface area contributed by atoms with Gasteiger partial charge in [-0.2, -0.15) is 5.10 Å². The van der Waals surface area contributed by atoms with Gasteiger partial charge in [0.25, 0.3) is 0 Å². The third-order valence-electron chi connectivity index (χ3n) is 4.86. The van der Waals surface area contributed by atoms with Crippen LogP contribution in [0.25, 0.3) is 44.1 Å². The standard InChI is InChI=1S/C23H14FN5/c1-25-19-4-2-3-16(11-19)21-13-26-22-10-7-17(14-29(21)22)20-12-27-28-23(20)15-5-8-18(24)9-6-15/h2-14H,(H,27,28). The fraction of sp³-hybridized carbons (Fsp3) is 0. The van der Waals surface area contributed by atoms with E-state index < -0.39 is 0 Å². The Balaban J connectivity index is 1.64. The lowest BCUT2D eigenvalue weighted by molar-refractivity contribution is 0.628. The normalized spacial score (nSPS) is 10.9. The first-order valence-electron chi connectivity index (χ1n) is 8.97. The van der Waals surface area contributed by atoms with Gasteiger partial charge in [-0.15, -0.1) is 0 Å². The molecule has 6 heteroatoms. The summed E-state index contributed by atoms with van der Waals surface area (Å²) < 4.78 is 15.3. The van der Waals surface area contributed by atoms with E-state index in [1.54, 1.807) is 30.6 Å². The van der Waals surface area contributed by atoms with E-state index in [4.69, 9.17) is 6.57 Å². The van der Waals surface area contributed by atoms with Gasteiger partial charge >= 0.3 is 0 Å². The highest BCUT2D eigenvalue weighted by molar-refractivity contribution is 5.81. The van der Waals surface area contributed by atoms with E-state index in [9.17, 15) is 4.39 Å². The Morgan fingerprint density at radius 1 is 0.931 bits per heavy atom. The minimum Gasteiger partial charge on any atom is -0.299 e. The maximum Gasteiger partial charge on any atom is 0.187 e. The third kappa shape index (κ3) is 2.95. The predicted octanol–water partition coefficient (Wildman–Crippen LogP) is 5.75. The largest absolute Gasteiger partial charge is 0.299 e. The minimum atomic E-state index is -0.277. The van der Waals surface area contributed by atoms with Crippen molar-refractivity contribution in [2.45, 2.75) is 0 Å². The molecule has 0 atom stereocenters. The molecular weight excluding hydrogens is 365 g/mol. The van der Waals surface area contributed by atoms with Gasteiger partial charge in [0, 0.05) is 22.9 Å². The number of aromatic nitrogens is 4. The molecule has 5 aromatic rings. The smallest absolute Gasteiger partial charge is 0.187 e. The van der Waals surface area contributed by atoms with Gasteiger partial charge in [0.2, 0.25) is 0 Å². The fourth-order valence-electron chi connectivity index (χ4n) is 3.43. The van der Waals surface area contributed by atoms with E-state index in [0.29, 0.717) is 5.69 Å². The van der Waals surface area contributed by atoms with Gasteiger partial charge < -0.3 is 0 Å². The summed E-state index contributed by atoms with van der Waals surface area (Å²) in [7, 11) is 0. The molecule has 2 aromatic carbocycles. The van der Waals surface area contributed by atoms with Gasteiger partial charge in [0.1, 0.15) is 11.5 Å². The lowest BCUT2D eigenvalue weighted by atomic mass is 10.0. The lowest BCUT2D eigenvalue weighted by Gasteiger charge is -2.07. The Morgan fingerprint density at radius 2 is 1.76 bits per heavy atom. The zero-order valence-corrected chi connectivity index (χ0v) is 15.2. The minimum absolute atomic E-state index is 0.277. The average molecular weight is 379 g/mol. The molecule has 0 aliphatic carbocycles. The number of rotatable bonds is 3. The molecule has 0 aliphatic heterocycles. The van der Waals surface area contributed by atoms with Gasteiger partial charge in [-0.1, -0.05) is 18.2 Å². The van der Waals surface area contributed by atoms with Crippen molar-refractivity contribution in [1.82, 2.24) is 19.6 Å². The van der Waals surface area contributed by atoms with Gasteiger partial charge in [0.05, 0.1) is 30.4 Å². The quantitative estimate of drug-likeness (QED) is 0.406. The molecule has 0 radical (unpaired) electrons. The molecule has 5 rings (SSSR count). The topological polar surface area (TPSA) is 50.3 Å². The Labute approximate surface area is 165 Å². The molecule has 3 heterocycles. The van der Waals surface area contributed by atoms with Crippen molar-refractivity contribution in [3.05, 3.63) is 96.5 Å². The second kappa shape index (κ2) is 6.73. The van der Waals surface area contributed by atoms with Crippen molar-refractivity contribution >= 4 is 11.3 Å². The first kappa shape index (κ1) is 16.9. The van der Waals surface area contributed by atoms with Gasteiger partial charge in [-0.05, 0) is 48.0 Å². The molecule has 3 aromatic heterocycles. The molecule has 0 bridgehead atoms. The van der Waals surface area contributed by atoms with Gasteiger partial charge in [-0.3, -0.25) is 9.50 Å². The zero-order valence-electron chi connectivity index (χ0n) is 15.2. The van der Waals surface area contributed by atoms with E-state index >= 15 is 0 Å².